The number of ether oxygens (including phenoxy) is 2. The Morgan fingerprint density at radius 3 is 2.37 bits per heavy atom. The molecule has 3 aromatic carbocycles. The molecule has 6 nitrogen and oxygen atoms in total. The molecule has 182 valence electrons. The van der Waals surface area contributed by atoms with Crippen LogP contribution in [0.5, 0.6) is 11.5 Å². The normalized spacial score (nSPS) is 15.9. The lowest BCUT2D eigenvalue weighted by Crippen LogP contribution is -2.30. The van der Waals surface area contributed by atoms with Crippen molar-refractivity contribution in [1.82, 2.24) is 4.72 Å². The minimum Gasteiger partial charge on any atom is -0.454 e. The van der Waals surface area contributed by atoms with Gasteiger partial charge in [0.1, 0.15) is 5.78 Å². The predicted octanol–water partition coefficient (Wildman–Crippen LogP) is 4.92. The molecule has 3 aromatic rings. The zero-order chi connectivity index (χ0) is 24.8. The van der Waals surface area contributed by atoms with Gasteiger partial charge in [-0.15, -0.1) is 0 Å². The minimum atomic E-state index is -3.54. The number of rotatable bonds is 8. The molecule has 2 aliphatic rings. The van der Waals surface area contributed by atoms with Crippen molar-refractivity contribution in [3.8, 4) is 22.6 Å². The van der Waals surface area contributed by atoms with Crippen LogP contribution in [-0.4, -0.2) is 27.0 Å². The Balaban J connectivity index is 1.37. The number of nitrogens with one attached hydrogen (secondary N) is 1. The number of ketones is 1. The molecule has 1 aliphatic carbocycles. The van der Waals surface area contributed by atoms with E-state index >= 15 is 0 Å². The zero-order valence-corrected chi connectivity index (χ0v) is 20.9. The van der Waals surface area contributed by atoms with E-state index in [0.717, 1.165) is 46.4 Å². The summed E-state index contributed by atoms with van der Waals surface area (Å²) in [5, 5.41) is 0. The molecule has 0 atom stereocenters. The Kier molecular flexibility index (Phi) is 5.93. The second-order valence-corrected chi connectivity index (χ2v) is 11.4. The number of carbonyl (C=O) groups is 1. The van der Waals surface area contributed by atoms with Gasteiger partial charge in [-0.2, -0.15) is 0 Å². The average molecular weight is 492 g/mol. The van der Waals surface area contributed by atoms with E-state index < -0.39 is 15.4 Å². The van der Waals surface area contributed by atoms with E-state index in [2.05, 4.69) is 4.72 Å². The largest absolute Gasteiger partial charge is 0.454 e. The van der Waals surface area contributed by atoms with Crippen LogP contribution in [-0.2, 0) is 26.7 Å². The molecular formula is C28H29NO5S. The fraction of sp³-hybridized carbons (Fsp3) is 0.321. The molecule has 1 saturated carbocycles. The lowest BCUT2D eigenvalue weighted by atomic mass is 9.87. The lowest BCUT2D eigenvalue weighted by Gasteiger charge is -2.16. The summed E-state index contributed by atoms with van der Waals surface area (Å²) in [5.41, 5.74) is 4.45. The number of fused-ring (bicyclic) bond motifs is 1. The summed E-state index contributed by atoms with van der Waals surface area (Å²) in [6.07, 6.45) is 2.02. The molecule has 7 heteroatoms. The van der Waals surface area contributed by atoms with Crippen LogP contribution in [0.4, 0.5) is 0 Å². The molecule has 0 bridgehead atoms. The molecule has 5 rings (SSSR count). The first kappa shape index (κ1) is 23.6. The number of Topliss-reactive ketones (excluding diaryl/α,β-unsaturated/α-hetero) is 1. The second kappa shape index (κ2) is 8.81. The van der Waals surface area contributed by atoms with Crippen molar-refractivity contribution >= 4 is 15.8 Å². The number of aryl methyl sites for hydroxylation is 1. The molecule has 0 amide bonds. The van der Waals surface area contributed by atoms with Gasteiger partial charge in [0.05, 0.1) is 10.3 Å². The maximum absolute atomic E-state index is 13.4. The van der Waals surface area contributed by atoms with Crippen LogP contribution in [0.15, 0.2) is 65.6 Å². The quantitative estimate of drug-likeness (QED) is 0.484. The van der Waals surface area contributed by atoms with E-state index in [0.29, 0.717) is 12.2 Å². The van der Waals surface area contributed by atoms with E-state index in [1.165, 1.54) is 0 Å². The average Bonchev–Trinajstić information content (AvgIpc) is 3.50. The van der Waals surface area contributed by atoms with Crippen molar-refractivity contribution in [2.45, 2.75) is 56.4 Å². The summed E-state index contributed by atoms with van der Waals surface area (Å²) in [6.45, 7) is 5.81. The van der Waals surface area contributed by atoms with Crippen LogP contribution in [0.1, 0.15) is 43.4 Å². The molecule has 0 unspecified atom stereocenters. The highest BCUT2D eigenvalue weighted by atomic mass is 32.2. The number of carbonyl (C=O) groups excluding carboxylic acids is 1. The van der Waals surface area contributed by atoms with Gasteiger partial charge in [-0.1, -0.05) is 36.4 Å². The van der Waals surface area contributed by atoms with Gasteiger partial charge >= 0.3 is 0 Å². The Labute approximate surface area is 206 Å². The maximum atomic E-state index is 13.4. The van der Waals surface area contributed by atoms with Crippen molar-refractivity contribution in [2.24, 2.45) is 0 Å². The van der Waals surface area contributed by atoms with Gasteiger partial charge in [0.15, 0.2) is 11.5 Å². The summed E-state index contributed by atoms with van der Waals surface area (Å²) in [7, 11) is -3.54. The Morgan fingerprint density at radius 2 is 1.69 bits per heavy atom. The smallest absolute Gasteiger partial charge is 0.240 e. The van der Waals surface area contributed by atoms with Gasteiger partial charge in [0.2, 0.25) is 16.8 Å². The minimum absolute atomic E-state index is 0.177. The summed E-state index contributed by atoms with van der Waals surface area (Å²) in [4.78, 5) is 13.7. The molecule has 1 aliphatic heterocycles. The number of hydrogen-bond donors (Lipinski definition) is 1. The molecule has 1 heterocycles. The van der Waals surface area contributed by atoms with Crippen molar-refractivity contribution in [1.29, 1.82) is 0 Å². The number of hydrogen-bond acceptors (Lipinski definition) is 5. The Bertz CT molecular complexity index is 1390. The maximum Gasteiger partial charge on any atom is 0.240 e. The van der Waals surface area contributed by atoms with E-state index in [1.54, 1.807) is 26.0 Å². The van der Waals surface area contributed by atoms with Crippen LogP contribution in [0.2, 0.25) is 0 Å². The highest BCUT2D eigenvalue weighted by Crippen LogP contribution is 2.51. The Hall–Kier alpha value is -3.16. The van der Waals surface area contributed by atoms with Crippen LogP contribution in [0.25, 0.3) is 11.1 Å². The molecule has 0 aromatic heterocycles. The van der Waals surface area contributed by atoms with Gasteiger partial charge in [-0.25, -0.2) is 13.1 Å². The summed E-state index contributed by atoms with van der Waals surface area (Å²) in [5.74, 6) is 1.62. The molecule has 0 saturated heterocycles. The number of sulfonamides is 1. The lowest BCUT2D eigenvalue weighted by molar-refractivity contribution is -0.120. The van der Waals surface area contributed by atoms with Crippen molar-refractivity contribution < 1.29 is 22.7 Å². The first-order chi connectivity index (χ1) is 16.7. The Morgan fingerprint density at radius 1 is 0.971 bits per heavy atom. The molecule has 0 spiro atoms. The van der Waals surface area contributed by atoms with E-state index in [1.807, 2.05) is 55.5 Å². The highest BCUT2D eigenvalue weighted by molar-refractivity contribution is 7.89. The first-order valence-electron chi connectivity index (χ1n) is 11.8. The van der Waals surface area contributed by atoms with Crippen molar-refractivity contribution in [3.63, 3.8) is 0 Å². The van der Waals surface area contributed by atoms with Crippen LogP contribution in [0, 0.1) is 6.92 Å². The van der Waals surface area contributed by atoms with Gasteiger partial charge in [-0.05, 0) is 85.7 Å². The predicted molar refractivity (Wildman–Crippen MR) is 134 cm³/mol. The van der Waals surface area contributed by atoms with E-state index in [4.69, 9.17) is 9.47 Å². The fourth-order valence-corrected chi connectivity index (χ4v) is 5.94. The third kappa shape index (κ3) is 4.58. The van der Waals surface area contributed by atoms with Crippen LogP contribution in [0.3, 0.4) is 0 Å². The molecule has 35 heavy (non-hydrogen) atoms. The first-order valence-corrected chi connectivity index (χ1v) is 13.3. The fourth-order valence-electron chi connectivity index (χ4n) is 4.68. The standard InChI is InChI=1S/C28H29NO5S/c1-18(2)29-35(31,32)23-9-6-21(7-10-23)24-14-20(5-4-19(24)3)15-27(30)28(12-13-28)22-8-11-25-26(16-22)34-17-33-25/h4-11,14,16,18,29H,12-13,15,17H2,1-3H3. The van der Waals surface area contributed by atoms with Crippen LogP contribution < -0.4 is 14.2 Å². The van der Waals surface area contributed by atoms with Gasteiger partial charge < -0.3 is 9.47 Å². The monoisotopic (exact) mass is 491 g/mol. The molecule has 1 fully saturated rings. The van der Waals surface area contributed by atoms with E-state index in [-0.39, 0.29) is 23.5 Å². The molecule has 0 radical (unpaired) electrons. The number of benzene rings is 3. The van der Waals surface area contributed by atoms with Gasteiger partial charge in [-0.3, -0.25) is 4.79 Å². The van der Waals surface area contributed by atoms with E-state index in [9.17, 15) is 13.2 Å². The van der Waals surface area contributed by atoms with Crippen molar-refractivity contribution in [3.05, 3.63) is 77.4 Å². The highest BCUT2D eigenvalue weighted by Gasteiger charge is 2.50. The van der Waals surface area contributed by atoms with Crippen molar-refractivity contribution in [2.75, 3.05) is 6.79 Å². The third-order valence-electron chi connectivity index (χ3n) is 6.74. The summed E-state index contributed by atoms with van der Waals surface area (Å²) < 4.78 is 38.4. The van der Waals surface area contributed by atoms with Gasteiger partial charge in [0.25, 0.3) is 0 Å². The molecule has 1 N–H and O–H groups in total. The molecular weight excluding hydrogens is 462 g/mol. The van der Waals surface area contributed by atoms with Gasteiger partial charge in [0, 0.05) is 12.5 Å². The second-order valence-electron chi connectivity index (χ2n) is 9.70. The summed E-state index contributed by atoms with van der Waals surface area (Å²) >= 11 is 0. The SMILES string of the molecule is Cc1ccc(CC(=O)C2(c3ccc4c(c3)OCO4)CC2)cc1-c1ccc(S(=O)(=O)NC(C)C)cc1. The third-order valence-corrected chi connectivity index (χ3v) is 8.42. The summed E-state index contributed by atoms with van der Waals surface area (Å²) in [6, 6.07) is 18.6. The van der Waals surface area contributed by atoms with Crippen LogP contribution >= 0.6 is 0 Å². The topological polar surface area (TPSA) is 81.7 Å². The zero-order valence-electron chi connectivity index (χ0n) is 20.1.